The maximum atomic E-state index is 6.16. The van der Waals surface area contributed by atoms with Crippen LogP contribution in [0.4, 0.5) is 5.69 Å². The topological polar surface area (TPSA) is 28.2 Å². The van der Waals surface area contributed by atoms with Gasteiger partial charge in [-0.2, -0.15) is 0 Å². The molecule has 0 bridgehead atoms. The van der Waals surface area contributed by atoms with Crippen LogP contribution in [0.5, 0.6) is 0 Å². The lowest BCUT2D eigenvalue weighted by Crippen LogP contribution is -2.27. The van der Waals surface area contributed by atoms with E-state index in [4.69, 9.17) is 23.2 Å². The Hall–Kier alpha value is -1.03. The SMILES string of the molecule is CCN(CC)CCC[C@H](CCl)Nc1ccnc2cc(Cl)ccc12. The predicted molar refractivity (Wildman–Crippen MR) is 102 cm³/mol. The van der Waals surface area contributed by atoms with Crippen molar-refractivity contribution in [3.05, 3.63) is 35.5 Å². The van der Waals surface area contributed by atoms with Gasteiger partial charge in [0.05, 0.1) is 5.52 Å². The Morgan fingerprint density at radius 1 is 1.22 bits per heavy atom. The van der Waals surface area contributed by atoms with Gasteiger partial charge in [0.15, 0.2) is 0 Å². The zero-order valence-electron chi connectivity index (χ0n) is 13.9. The van der Waals surface area contributed by atoms with Crippen molar-refractivity contribution in [1.29, 1.82) is 0 Å². The highest BCUT2D eigenvalue weighted by Crippen LogP contribution is 2.25. The maximum Gasteiger partial charge on any atom is 0.0737 e. The Balaban J connectivity index is 2.01. The predicted octanol–water partition coefficient (Wildman–Crippen LogP) is 5.03. The minimum absolute atomic E-state index is 0.258. The number of fused-ring (bicyclic) bond motifs is 1. The van der Waals surface area contributed by atoms with E-state index in [0.29, 0.717) is 10.9 Å². The maximum absolute atomic E-state index is 6.16. The molecular weight excluding hydrogens is 329 g/mol. The second-order valence-electron chi connectivity index (χ2n) is 5.68. The number of aromatic nitrogens is 1. The molecule has 3 nitrogen and oxygen atoms in total. The molecule has 1 heterocycles. The molecule has 2 rings (SSSR count). The molecule has 0 aliphatic heterocycles. The van der Waals surface area contributed by atoms with E-state index in [-0.39, 0.29) is 6.04 Å². The number of hydrogen-bond donors (Lipinski definition) is 1. The lowest BCUT2D eigenvalue weighted by Gasteiger charge is -2.22. The van der Waals surface area contributed by atoms with Crippen LogP contribution in [-0.2, 0) is 0 Å². The van der Waals surface area contributed by atoms with Crippen molar-refractivity contribution < 1.29 is 0 Å². The smallest absolute Gasteiger partial charge is 0.0737 e. The van der Waals surface area contributed by atoms with Crippen molar-refractivity contribution >= 4 is 39.8 Å². The third-order valence-corrected chi connectivity index (χ3v) is 4.78. The van der Waals surface area contributed by atoms with Crippen LogP contribution < -0.4 is 5.32 Å². The van der Waals surface area contributed by atoms with Gasteiger partial charge >= 0.3 is 0 Å². The molecule has 0 unspecified atom stereocenters. The molecule has 126 valence electrons. The van der Waals surface area contributed by atoms with Crippen molar-refractivity contribution in [2.24, 2.45) is 0 Å². The van der Waals surface area contributed by atoms with Gasteiger partial charge in [-0.05, 0) is 56.7 Å². The molecule has 2 aromatic rings. The average molecular weight is 354 g/mol. The summed E-state index contributed by atoms with van der Waals surface area (Å²) in [5, 5.41) is 5.35. The van der Waals surface area contributed by atoms with Gasteiger partial charge in [0.25, 0.3) is 0 Å². The first-order valence-electron chi connectivity index (χ1n) is 8.27. The average Bonchev–Trinajstić information content (AvgIpc) is 2.57. The highest BCUT2D eigenvalue weighted by atomic mass is 35.5. The number of rotatable bonds is 9. The molecule has 0 amide bonds. The molecule has 0 fully saturated rings. The Bertz CT molecular complexity index is 614. The van der Waals surface area contributed by atoms with Crippen molar-refractivity contribution in [2.75, 3.05) is 30.8 Å². The van der Waals surface area contributed by atoms with Crippen LogP contribution in [0.25, 0.3) is 10.9 Å². The first-order valence-corrected chi connectivity index (χ1v) is 9.18. The summed E-state index contributed by atoms with van der Waals surface area (Å²) in [6.07, 6.45) is 4.00. The number of alkyl halides is 1. The molecule has 5 heteroatoms. The van der Waals surface area contributed by atoms with Gasteiger partial charge in [-0.15, -0.1) is 11.6 Å². The number of benzene rings is 1. The van der Waals surface area contributed by atoms with E-state index >= 15 is 0 Å². The highest BCUT2D eigenvalue weighted by Gasteiger charge is 2.10. The number of halogens is 2. The second kappa shape index (κ2) is 9.31. The summed E-state index contributed by atoms with van der Waals surface area (Å²) >= 11 is 12.2. The van der Waals surface area contributed by atoms with Gasteiger partial charge in [0.1, 0.15) is 0 Å². The molecule has 0 saturated carbocycles. The van der Waals surface area contributed by atoms with E-state index < -0.39 is 0 Å². The van der Waals surface area contributed by atoms with Gasteiger partial charge in [0, 0.05) is 34.2 Å². The second-order valence-corrected chi connectivity index (χ2v) is 6.43. The summed E-state index contributed by atoms with van der Waals surface area (Å²) in [6.45, 7) is 7.73. The Kier molecular flexibility index (Phi) is 7.41. The Morgan fingerprint density at radius 3 is 2.70 bits per heavy atom. The molecule has 0 radical (unpaired) electrons. The van der Waals surface area contributed by atoms with E-state index in [1.54, 1.807) is 0 Å². The normalized spacial score (nSPS) is 12.7. The monoisotopic (exact) mass is 353 g/mol. The zero-order chi connectivity index (χ0) is 16.7. The lowest BCUT2D eigenvalue weighted by atomic mass is 10.1. The fourth-order valence-corrected chi connectivity index (χ4v) is 3.15. The lowest BCUT2D eigenvalue weighted by molar-refractivity contribution is 0.295. The third kappa shape index (κ3) is 5.23. The van der Waals surface area contributed by atoms with Crippen LogP contribution in [0, 0.1) is 0 Å². The van der Waals surface area contributed by atoms with E-state index in [1.807, 2.05) is 30.5 Å². The Labute approximate surface area is 149 Å². The molecule has 0 saturated heterocycles. The van der Waals surface area contributed by atoms with Crippen LogP contribution in [0.1, 0.15) is 26.7 Å². The molecular formula is C18H25Cl2N3. The van der Waals surface area contributed by atoms with E-state index in [1.165, 1.54) is 0 Å². The van der Waals surface area contributed by atoms with Crippen molar-refractivity contribution in [3.63, 3.8) is 0 Å². The third-order valence-electron chi connectivity index (χ3n) is 4.17. The van der Waals surface area contributed by atoms with Gasteiger partial charge in [-0.1, -0.05) is 25.4 Å². The number of anilines is 1. The first-order chi connectivity index (χ1) is 11.2. The van der Waals surface area contributed by atoms with E-state index in [0.717, 1.165) is 49.1 Å². The minimum atomic E-state index is 0.258. The van der Waals surface area contributed by atoms with Crippen molar-refractivity contribution in [3.8, 4) is 0 Å². The molecule has 23 heavy (non-hydrogen) atoms. The molecule has 0 aliphatic carbocycles. The van der Waals surface area contributed by atoms with Gasteiger partial charge < -0.3 is 10.2 Å². The molecule has 1 N–H and O–H groups in total. The van der Waals surface area contributed by atoms with Crippen molar-refractivity contribution in [1.82, 2.24) is 9.88 Å². The highest BCUT2D eigenvalue weighted by molar-refractivity contribution is 6.31. The minimum Gasteiger partial charge on any atom is -0.381 e. The number of nitrogens with one attached hydrogen (secondary N) is 1. The molecule has 1 atom stereocenters. The standard InChI is InChI=1S/C18H25Cl2N3/c1-3-23(4-2)11-5-6-15(13-19)22-17-9-10-21-18-12-14(20)7-8-16(17)18/h7-10,12,15H,3-6,11,13H2,1-2H3,(H,21,22)/t15-/m1/s1. The van der Waals surface area contributed by atoms with Gasteiger partial charge in [-0.3, -0.25) is 4.98 Å². The summed E-state index contributed by atoms with van der Waals surface area (Å²) in [5.74, 6) is 0.593. The molecule has 1 aromatic carbocycles. The van der Waals surface area contributed by atoms with Crippen LogP contribution in [-0.4, -0.2) is 41.4 Å². The number of hydrogen-bond acceptors (Lipinski definition) is 3. The fourth-order valence-electron chi connectivity index (χ4n) is 2.76. The molecule has 0 aliphatic rings. The van der Waals surface area contributed by atoms with Gasteiger partial charge in [0.2, 0.25) is 0 Å². The quantitative estimate of drug-likeness (QED) is 0.640. The number of pyridine rings is 1. The summed E-state index contributed by atoms with van der Waals surface area (Å²) in [6, 6.07) is 8.05. The molecule has 1 aromatic heterocycles. The number of nitrogens with zero attached hydrogens (tertiary/aromatic N) is 2. The summed E-state index contributed by atoms with van der Waals surface area (Å²) in [7, 11) is 0. The largest absolute Gasteiger partial charge is 0.381 e. The summed E-state index contributed by atoms with van der Waals surface area (Å²) < 4.78 is 0. The summed E-state index contributed by atoms with van der Waals surface area (Å²) in [5.41, 5.74) is 1.97. The summed E-state index contributed by atoms with van der Waals surface area (Å²) in [4.78, 5) is 6.82. The fraction of sp³-hybridized carbons (Fsp3) is 0.500. The van der Waals surface area contributed by atoms with Crippen molar-refractivity contribution in [2.45, 2.75) is 32.7 Å². The van der Waals surface area contributed by atoms with Crippen LogP contribution in [0.3, 0.4) is 0 Å². The van der Waals surface area contributed by atoms with E-state index in [9.17, 15) is 0 Å². The van der Waals surface area contributed by atoms with E-state index in [2.05, 4.69) is 29.0 Å². The van der Waals surface area contributed by atoms with Crippen LogP contribution in [0.15, 0.2) is 30.5 Å². The Morgan fingerprint density at radius 2 is 2.00 bits per heavy atom. The molecule has 0 spiro atoms. The first kappa shape index (κ1) is 18.3. The van der Waals surface area contributed by atoms with Gasteiger partial charge in [-0.25, -0.2) is 0 Å². The van der Waals surface area contributed by atoms with Crippen LogP contribution in [0.2, 0.25) is 5.02 Å². The zero-order valence-corrected chi connectivity index (χ0v) is 15.4. The van der Waals surface area contributed by atoms with Crippen LogP contribution >= 0.6 is 23.2 Å².